The number of hydrogen-bond donors (Lipinski definition) is 1. The van der Waals surface area contributed by atoms with Gasteiger partial charge in [0.2, 0.25) is 0 Å². The fourth-order valence-electron chi connectivity index (χ4n) is 5.55. The molecule has 3 aromatic carbocycles. The molecule has 0 radical (unpaired) electrons. The fourth-order valence-corrected chi connectivity index (χ4v) is 5.55. The molecule has 5 rings (SSSR count). The molecule has 0 unspecified atom stereocenters. The van der Waals surface area contributed by atoms with E-state index in [9.17, 15) is 9.59 Å². The zero-order chi connectivity index (χ0) is 27.7. The lowest BCUT2D eigenvalue weighted by atomic mass is 9.83. The summed E-state index contributed by atoms with van der Waals surface area (Å²) in [6.45, 7) is 10.1. The largest absolute Gasteiger partial charge is 0.371 e. The van der Waals surface area contributed by atoms with Gasteiger partial charge in [-0.2, -0.15) is 5.48 Å². The number of benzene rings is 3. The van der Waals surface area contributed by atoms with Gasteiger partial charge in [-0.25, -0.2) is 4.68 Å². The van der Waals surface area contributed by atoms with Crippen molar-refractivity contribution in [1.29, 1.82) is 0 Å². The van der Waals surface area contributed by atoms with E-state index in [1.807, 2.05) is 54.6 Å². The van der Waals surface area contributed by atoms with Gasteiger partial charge in [0.1, 0.15) is 5.52 Å². The van der Waals surface area contributed by atoms with Crippen molar-refractivity contribution in [2.24, 2.45) is 0 Å². The number of aryl methyl sites for hydroxylation is 4. The number of nitrogens with zero attached hydrogens (tertiary/aromatic N) is 4. The molecular weight excluding hydrogens is 490 g/mol. The van der Waals surface area contributed by atoms with Crippen molar-refractivity contribution in [2.75, 3.05) is 13.6 Å². The van der Waals surface area contributed by atoms with Gasteiger partial charge in [-0.15, -0.1) is 5.10 Å². The van der Waals surface area contributed by atoms with Gasteiger partial charge in [0.05, 0.1) is 11.9 Å². The van der Waals surface area contributed by atoms with Crippen molar-refractivity contribution in [2.45, 2.75) is 59.5 Å². The Morgan fingerprint density at radius 1 is 1.03 bits per heavy atom. The molecule has 1 aliphatic heterocycles. The Hall–Kier alpha value is -4.04. The molecule has 2 heterocycles. The topological polar surface area (TPSA) is 89.3 Å². The molecule has 8 heteroatoms. The standard InChI is InChI=1S/C31H35N5O3/c1-6-36-28-12-11-26(21(4)30(28)33-34-36)27(17-29(37)39-32-5)23-10-9-22-13-14-35(18-25(22)16-23)31(38)24-8-7-19(2)20(3)15-24/h7-12,15-16,27,32H,6,13-14,17-18H2,1-5H3/t27-/m0/s1. The van der Waals surface area contributed by atoms with E-state index in [1.165, 1.54) is 11.1 Å². The average molecular weight is 526 g/mol. The van der Waals surface area contributed by atoms with E-state index in [4.69, 9.17) is 4.84 Å². The number of nitrogens with one attached hydrogen (secondary N) is 1. The van der Waals surface area contributed by atoms with E-state index < -0.39 is 0 Å². The highest BCUT2D eigenvalue weighted by molar-refractivity contribution is 5.94. The molecule has 8 nitrogen and oxygen atoms in total. The van der Waals surface area contributed by atoms with Crippen LogP contribution in [-0.2, 0) is 29.1 Å². The van der Waals surface area contributed by atoms with Gasteiger partial charge in [0.15, 0.2) is 0 Å². The number of carbonyl (C=O) groups excluding carboxylic acids is 2. The first-order valence-corrected chi connectivity index (χ1v) is 13.5. The maximum Gasteiger partial charge on any atom is 0.325 e. The molecule has 1 amide bonds. The van der Waals surface area contributed by atoms with Crippen LogP contribution in [0.5, 0.6) is 0 Å². The lowest BCUT2D eigenvalue weighted by Gasteiger charge is -2.30. The summed E-state index contributed by atoms with van der Waals surface area (Å²) in [5.41, 5.74) is 12.7. The smallest absolute Gasteiger partial charge is 0.325 e. The number of amides is 1. The van der Waals surface area contributed by atoms with Crippen LogP contribution in [0.1, 0.15) is 68.6 Å². The van der Waals surface area contributed by atoms with Crippen LogP contribution in [0, 0.1) is 20.8 Å². The second-order valence-electron chi connectivity index (χ2n) is 10.3. The Labute approximate surface area is 228 Å². The molecule has 0 saturated carbocycles. The molecule has 202 valence electrons. The van der Waals surface area contributed by atoms with Crippen LogP contribution < -0.4 is 5.48 Å². The molecular formula is C31H35N5O3. The normalized spacial score (nSPS) is 13.8. The van der Waals surface area contributed by atoms with E-state index in [0.717, 1.165) is 57.4 Å². The predicted octanol–water partition coefficient (Wildman–Crippen LogP) is 4.77. The van der Waals surface area contributed by atoms with E-state index in [1.54, 1.807) is 7.05 Å². The molecule has 4 aromatic rings. The number of hydroxylamine groups is 1. The molecule has 1 atom stereocenters. The highest BCUT2D eigenvalue weighted by Gasteiger charge is 2.27. The highest BCUT2D eigenvalue weighted by Crippen LogP contribution is 2.35. The second kappa shape index (κ2) is 11.0. The van der Waals surface area contributed by atoms with Crippen molar-refractivity contribution in [3.8, 4) is 0 Å². The van der Waals surface area contributed by atoms with Crippen LogP contribution in [-0.4, -0.2) is 45.4 Å². The Morgan fingerprint density at radius 2 is 1.85 bits per heavy atom. The predicted molar refractivity (Wildman–Crippen MR) is 150 cm³/mol. The van der Waals surface area contributed by atoms with Crippen molar-refractivity contribution in [1.82, 2.24) is 25.4 Å². The summed E-state index contributed by atoms with van der Waals surface area (Å²) in [5.74, 6) is -0.537. The van der Waals surface area contributed by atoms with Crippen molar-refractivity contribution in [3.63, 3.8) is 0 Å². The fraction of sp³-hybridized carbons (Fsp3) is 0.355. The minimum absolute atomic E-state index is 0.0450. The van der Waals surface area contributed by atoms with Crippen molar-refractivity contribution in [3.05, 3.63) is 93.0 Å². The first-order chi connectivity index (χ1) is 18.8. The molecule has 1 N–H and O–H groups in total. The Morgan fingerprint density at radius 3 is 2.59 bits per heavy atom. The molecule has 1 aliphatic rings. The summed E-state index contributed by atoms with van der Waals surface area (Å²) in [6, 6.07) is 16.4. The van der Waals surface area contributed by atoms with Crippen LogP contribution in [0.15, 0.2) is 48.5 Å². The van der Waals surface area contributed by atoms with E-state index in [0.29, 0.717) is 13.1 Å². The quantitative estimate of drug-likeness (QED) is 0.350. The third-order valence-corrected chi connectivity index (χ3v) is 7.93. The number of rotatable bonds is 7. The summed E-state index contributed by atoms with van der Waals surface area (Å²) >= 11 is 0. The second-order valence-corrected chi connectivity index (χ2v) is 10.3. The summed E-state index contributed by atoms with van der Waals surface area (Å²) in [5, 5.41) is 8.70. The first kappa shape index (κ1) is 26.6. The van der Waals surface area contributed by atoms with Crippen LogP contribution in [0.3, 0.4) is 0 Å². The molecule has 0 fully saturated rings. The molecule has 0 aliphatic carbocycles. The summed E-state index contributed by atoms with van der Waals surface area (Å²) in [6.07, 6.45) is 0.961. The van der Waals surface area contributed by atoms with Gasteiger partial charge < -0.3 is 9.74 Å². The van der Waals surface area contributed by atoms with Crippen LogP contribution >= 0.6 is 0 Å². The first-order valence-electron chi connectivity index (χ1n) is 13.5. The third kappa shape index (κ3) is 5.16. The van der Waals surface area contributed by atoms with Gasteiger partial charge in [0.25, 0.3) is 5.91 Å². The lowest BCUT2D eigenvalue weighted by Crippen LogP contribution is -2.36. The molecule has 39 heavy (non-hydrogen) atoms. The Balaban J connectivity index is 1.50. The van der Waals surface area contributed by atoms with Crippen LogP contribution in [0.25, 0.3) is 11.0 Å². The maximum absolute atomic E-state index is 13.4. The Kier molecular flexibility index (Phi) is 7.48. The zero-order valence-corrected chi connectivity index (χ0v) is 23.2. The SMILES string of the molecule is CCn1nnc2c(C)c([C@@H](CC(=O)ONC)c3ccc4c(c3)CN(C(=O)c3ccc(C)c(C)c3)CC4)ccc21. The van der Waals surface area contributed by atoms with E-state index >= 15 is 0 Å². The minimum Gasteiger partial charge on any atom is -0.371 e. The number of hydrogen-bond acceptors (Lipinski definition) is 6. The van der Waals surface area contributed by atoms with Gasteiger partial charge in [0, 0.05) is 38.2 Å². The number of aromatic nitrogens is 3. The molecule has 0 saturated heterocycles. The summed E-state index contributed by atoms with van der Waals surface area (Å²) in [7, 11) is 1.58. The van der Waals surface area contributed by atoms with Crippen molar-refractivity contribution >= 4 is 22.9 Å². The lowest BCUT2D eigenvalue weighted by molar-refractivity contribution is -0.150. The molecule has 1 aromatic heterocycles. The van der Waals surface area contributed by atoms with Gasteiger partial charge in [-0.3, -0.25) is 9.59 Å². The molecule has 0 bridgehead atoms. The Bertz CT molecular complexity index is 1560. The van der Waals surface area contributed by atoms with Gasteiger partial charge >= 0.3 is 5.97 Å². The molecule has 0 spiro atoms. The monoisotopic (exact) mass is 525 g/mol. The van der Waals surface area contributed by atoms with E-state index in [-0.39, 0.29) is 24.2 Å². The minimum atomic E-state index is -0.344. The van der Waals surface area contributed by atoms with Crippen LogP contribution in [0.4, 0.5) is 0 Å². The van der Waals surface area contributed by atoms with Crippen molar-refractivity contribution < 1.29 is 14.4 Å². The summed E-state index contributed by atoms with van der Waals surface area (Å²) in [4.78, 5) is 33.1. The average Bonchev–Trinajstić information content (AvgIpc) is 3.37. The van der Waals surface area contributed by atoms with E-state index in [2.05, 4.69) is 47.0 Å². The van der Waals surface area contributed by atoms with Gasteiger partial charge in [-0.1, -0.05) is 35.5 Å². The van der Waals surface area contributed by atoms with Gasteiger partial charge in [-0.05, 0) is 91.3 Å². The zero-order valence-electron chi connectivity index (χ0n) is 23.2. The highest BCUT2D eigenvalue weighted by atomic mass is 16.7. The third-order valence-electron chi connectivity index (χ3n) is 7.93. The van der Waals surface area contributed by atoms with Crippen LogP contribution in [0.2, 0.25) is 0 Å². The maximum atomic E-state index is 13.4. The summed E-state index contributed by atoms with van der Waals surface area (Å²) < 4.78 is 1.87. The number of carbonyl (C=O) groups is 2. The number of fused-ring (bicyclic) bond motifs is 2.